The van der Waals surface area contributed by atoms with E-state index in [0.717, 1.165) is 41.4 Å². The Morgan fingerprint density at radius 1 is 1.41 bits per heavy atom. The number of benzene rings is 1. The third-order valence-corrected chi connectivity index (χ3v) is 3.59. The Bertz CT molecular complexity index is 594. The number of Topliss-reactive ketones (excluding diaryl/α,β-unsaturated/α-hetero) is 1. The number of para-hydroxylation sites is 1. The molecule has 17 heavy (non-hydrogen) atoms. The Hall–Kier alpha value is -1.83. The van der Waals surface area contributed by atoms with Crippen molar-refractivity contribution >= 4 is 16.7 Å². The number of allylic oxidation sites excluding steroid dienone is 1. The van der Waals surface area contributed by atoms with Crippen LogP contribution in [0.4, 0.5) is 0 Å². The molecule has 0 spiro atoms. The molecule has 1 unspecified atom stereocenters. The average Bonchev–Trinajstić information content (AvgIpc) is 2.72. The van der Waals surface area contributed by atoms with Crippen LogP contribution in [-0.4, -0.2) is 10.8 Å². The lowest BCUT2D eigenvalue weighted by atomic mass is 9.83. The van der Waals surface area contributed by atoms with E-state index in [-0.39, 0.29) is 11.7 Å². The monoisotopic (exact) mass is 225 g/mol. The molecule has 0 aliphatic heterocycles. The molecule has 0 fully saturated rings. The Kier molecular flexibility index (Phi) is 2.36. The van der Waals surface area contributed by atoms with Crippen LogP contribution < -0.4 is 0 Å². The van der Waals surface area contributed by atoms with Crippen molar-refractivity contribution in [2.45, 2.75) is 19.3 Å². The molecule has 1 N–H and O–H groups in total. The van der Waals surface area contributed by atoms with Gasteiger partial charge in [-0.2, -0.15) is 0 Å². The number of aryl methyl sites for hydroxylation is 1. The van der Waals surface area contributed by atoms with Crippen LogP contribution in [0.2, 0.25) is 0 Å². The molecule has 2 nitrogen and oxygen atoms in total. The molecule has 0 radical (unpaired) electrons. The van der Waals surface area contributed by atoms with Gasteiger partial charge in [0.15, 0.2) is 5.78 Å². The van der Waals surface area contributed by atoms with E-state index in [2.05, 4.69) is 11.6 Å². The fourth-order valence-corrected chi connectivity index (χ4v) is 2.75. The smallest absolute Gasteiger partial charge is 0.168 e. The molecular formula is C15H15NO. The number of ketones is 1. The molecule has 1 aromatic heterocycles. The zero-order valence-corrected chi connectivity index (χ0v) is 9.70. The number of carbonyl (C=O) groups excluding carboxylic acids is 1. The van der Waals surface area contributed by atoms with Crippen molar-refractivity contribution in [1.82, 2.24) is 4.98 Å². The van der Waals surface area contributed by atoms with Crippen LogP contribution in [0.25, 0.3) is 10.9 Å². The van der Waals surface area contributed by atoms with Crippen molar-refractivity contribution in [3.05, 3.63) is 48.2 Å². The van der Waals surface area contributed by atoms with E-state index in [1.54, 1.807) is 0 Å². The van der Waals surface area contributed by atoms with Crippen molar-refractivity contribution in [2.75, 3.05) is 0 Å². The quantitative estimate of drug-likeness (QED) is 0.780. The minimum atomic E-state index is 0.124. The van der Waals surface area contributed by atoms with Crippen LogP contribution in [0, 0.1) is 5.92 Å². The summed E-state index contributed by atoms with van der Waals surface area (Å²) in [5.41, 5.74) is 3.10. The summed E-state index contributed by atoms with van der Waals surface area (Å²) in [4.78, 5) is 15.8. The highest BCUT2D eigenvalue weighted by molar-refractivity contribution is 6.11. The largest absolute Gasteiger partial charge is 0.358 e. The van der Waals surface area contributed by atoms with Gasteiger partial charge in [0.05, 0.1) is 0 Å². The first-order valence-electron chi connectivity index (χ1n) is 6.06. The average molecular weight is 225 g/mol. The van der Waals surface area contributed by atoms with Crippen LogP contribution >= 0.6 is 0 Å². The van der Waals surface area contributed by atoms with Crippen molar-refractivity contribution in [3.63, 3.8) is 0 Å². The van der Waals surface area contributed by atoms with Gasteiger partial charge in [0.25, 0.3) is 0 Å². The number of hydrogen-bond acceptors (Lipinski definition) is 1. The van der Waals surface area contributed by atoms with E-state index in [4.69, 9.17) is 0 Å². The highest BCUT2D eigenvalue weighted by Gasteiger charge is 2.29. The minimum absolute atomic E-state index is 0.124. The fourth-order valence-electron chi connectivity index (χ4n) is 2.75. The van der Waals surface area contributed by atoms with Crippen molar-refractivity contribution in [2.24, 2.45) is 5.92 Å². The maximum atomic E-state index is 12.4. The molecule has 2 heteroatoms. The summed E-state index contributed by atoms with van der Waals surface area (Å²) < 4.78 is 0. The topological polar surface area (TPSA) is 32.9 Å². The van der Waals surface area contributed by atoms with Crippen LogP contribution in [-0.2, 0) is 6.42 Å². The first-order chi connectivity index (χ1) is 8.31. The fraction of sp³-hybridized carbons (Fsp3) is 0.267. The zero-order chi connectivity index (χ0) is 11.8. The lowest BCUT2D eigenvalue weighted by Crippen LogP contribution is -2.21. The molecule has 86 valence electrons. The molecule has 0 amide bonds. The van der Waals surface area contributed by atoms with Gasteiger partial charge in [-0.3, -0.25) is 4.79 Å². The van der Waals surface area contributed by atoms with Gasteiger partial charge in [-0.25, -0.2) is 0 Å². The SMILES string of the molecule is C=CCC1CCc2[nH]c3ccccc3c2C1=O. The highest BCUT2D eigenvalue weighted by Crippen LogP contribution is 2.32. The first kappa shape index (κ1) is 10.3. The summed E-state index contributed by atoms with van der Waals surface area (Å²) in [7, 11) is 0. The second kappa shape index (κ2) is 3.88. The van der Waals surface area contributed by atoms with Gasteiger partial charge in [0.2, 0.25) is 0 Å². The highest BCUT2D eigenvalue weighted by atomic mass is 16.1. The summed E-state index contributed by atoms with van der Waals surface area (Å²) >= 11 is 0. The normalized spacial score (nSPS) is 19.3. The van der Waals surface area contributed by atoms with Gasteiger partial charge in [0, 0.05) is 28.1 Å². The maximum Gasteiger partial charge on any atom is 0.168 e. The number of hydrogen-bond donors (Lipinski definition) is 1. The van der Waals surface area contributed by atoms with Crippen LogP contribution in [0.15, 0.2) is 36.9 Å². The first-order valence-corrected chi connectivity index (χ1v) is 6.06. The molecular weight excluding hydrogens is 210 g/mol. The second-order valence-electron chi connectivity index (χ2n) is 4.65. The molecule has 1 aliphatic carbocycles. The van der Waals surface area contributed by atoms with E-state index in [9.17, 15) is 4.79 Å². The molecule has 2 aromatic rings. The minimum Gasteiger partial charge on any atom is -0.358 e. The van der Waals surface area contributed by atoms with Gasteiger partial charge in [0.1, 0.15) is 0 Å². The van der Waals surface area contributed by atoms with E-state index in [1.165, 1.54) is 0 Å². The van der Waals surface area contributed by atoms with Gasteiger partial charge >= 0.3 is 0 Å². The maximum absolute atomic E-state index is 12.4. The molecule has 0 saturated carbocycles. The van der Waals surface area contributed by atoms with Crippen LogP contribution in [0.5, 0.6) is 0 Å². The Labute approximate surface area is 100 Å². The van der Waals surface area contributed by atoms with Crippen molar-refractivity contribution in [1.29, 1.82) is 0 Å². The number of nitrogens with one attached hydrogen (secondary N) is 1. The molecule has 1 aliphatic rings. The third-order valence-electron chi connectivity index (χ3n) is 3.59. The summed E-state index contributed by atoms with van der Waals surface area (Å²) in [5, 5.41) is 1.07. The summed E-state index contributed by atoms with van der Waals surface area (Å²) in [6.45, 7) is 3.74. The molecule has 1 atom stereocenters. The number of fused-ring (bicyclic) bond motifs is 3. The lowest BCUT2D eigenvalue weighted by Gasteiger charge is -2.19. The Morgan fingerprint density at radius 2 is 2.24 bits per heavy atom. The predicted molar refractivity (Wildman–Crippen MR) is 69.3 cm³/mol. The van der Waals surface area contributed by atoms with Crippen LogP contribution in [0.1, 0.15) is 28.9 Å². The lowest BCUT2D eigenvalue weighted by molar-refractivity contribution is 0.0905. The van der Waals surface area contributed by atoms with E-state index in [1.807, 2.05) is 30.3 Å². The van der Waals surface area contributed by atoms with Crippen molar-refractivity contribution in [3.8, 4) is 0 Å². The molecule has 1 aromatic carbocycles. The molecule has 0 bridgehead atoms. The Balaban J connectivity index is 2.15. The van der Waals surface area contributed by atoms with Gasteiger partial charge in [-0.05, 0) is 25.3 Å². The van der Waals surface area contributed by atoms with Crippen molar-refractivity contribution < 1.29 is 4.79 Å². The molecule has 1 heterocycles. The predicted octanol–water partition coefficient (Wildman–Crippen LogP) is 3.49. The van der Waals surface area contributed by atoms with E-state index in [0.29, 0.717) is 0 Å². The molecule has 0 saturated heterocycles. The Morgan fingerprint density at radius 3 is 3.06 bits per heavy atom. The summed E-state index contributed by atoms with van der Waals surface area (Å²) in [6.07, 6.45) is 4.54. The zero-order valence-electron chi connectivity index (χ0n) is 9.70. The van der Waals surface area contributed by atoms with E-state index >= 15 is 0 Å². The number of rotatable bonds is 2. The van der Waals surface area contributed by atoms with Crippen LogP contribution in [0.3, 0.4) is 0 Å². The number of H-pyrrole nitrogens is 1. The molecule has 3 rings (SSSR count). The third kappa shape index (κ3) is 1.52. The number of carbonyl (C=O) groups is 1. The van der Waals surface area contributed by atoms with Gasteiger partial charge < -0.3 is 4.98 Å². The standard InChI is InChI=1S/C15H15NO/c1-2-5-10-8-9-13-14(15(10)17)11-6-3-4-7-12(11)16-13/h2-4,6-7,10,16H,1,5,8-9H2. The summed E-state index contributed by atoms with van der Waals surface area (Å²) in [5.74, 6) is 0.405. The number of aromatic amines is 1. The summed E-state index contributed by atoms with van der Waals surface area (Å²) in [6, 6.07) is 8.04. The second-order valence-corrected chi connectivity index (χ2v) is 4.65. The van der Waals surface area contributed by atoms with Gasteiger partial charge in [-0.1, -0.05) is 24.3 Å². The number of aromatic nitrogens is 1. The van der Waals surface area contributed by atoms with Gasteiger partial charge in [-0.15, -0.1) is 6.58 Å². The van der Waals surface area contributed by atoms with E-state index < -0.39 is 0 Å².